The van der Waals surface area contributed by atoms with E-state index in [4.69, 9.17) is 0 Å². The number of benzene rings is 1. The van der Waals surface area contributed by atoms with Crippen molar-refractivity contribution in [1.82, 2.24) is 9.88 Å². The van der Waals surface area contributed by atoms with Crippen LogP contribution in [0, 0.1) is 11.3 Å². The molecule has 3 aliphatic rings. The summed E-state index contributed by atoms with van der Waals surface area (Å²) in [7, 11) is 0. The van der Waals surface area contributed by atoms with Crippen molar-refractivity contribution in [2.75, 3.05) is 24.7 Å². The molecule has 3 amide bonds. The number of fused-ring (bicyclic) bond motifs is 2. The van der Waals surface area contributed by atoms with E-state index in [1.807, 2.05) is 4.90 Å². The molecule has 2 aromatic rings. The monoisotopic (exact) mass is 376 g/mol. The molecule has 3 aliphatic heterocycles. The lowest BCUT2D eigenvalue weighted by atomic mass is 10.0. The van der Waals surface area contributed by atoms with Gasteiger partial charge in [-0.1, -0.05) is 31.2 Å². The second-order valence-electron chi connectivity index (χ2n) is 7.57. The smallest absolute Gasteiger partial charge is 0.293 e. The van der Waals surface area contributed by atoms with Crippen LogP contribution in [0.5, 0.6) is 0 Å². The third-order valence-electron chi connectivity index (χ3n) is 6.30. The van der Waals surface area contributed by atoms with Crippen molar-refractivity contribution in [3.63, 3.8) is 0 Å². The molecule has 4 heterocycles. The minimum Gasteiger partial charge on any atom is -0.293 e. The summed E-state index contributed by atoms with van der Waals surface area (Å²) in [4.78, 5) is 46.9. The molecule has 3 fully saturated rings. The highest BCUT2D eigenvalue weighted by atomic mass is 16.2. The van der Waals surface area contributed by atoms with Gasteiger partial charge in [0.15, 0.2) is 17.9 Å². The number of pyridine rings is 1. The maximum absolute atomic E-state index is 13.6. The van der Waals surface area contributed by atoms with E-state index in [0.29, 0.717) is 42.6 Å². The molecular weight excluding hydrogens is 358 g/mol. The van der Waals surface area contributed by atoms with Crippen molar-refractivity contribution < 1.29 is 18.9 Å². The van der Waals surface area contributed by atoms with Crippen LogP contribution >= 0.6 is 0 Å². The highest BCUT2D eigenvalue weighted by Crippen LogP contribution is 2.44. The van der Waals surface area contributed by atoms with Gasteiger partial charge in [0.05, 0.1) is 25.0 Å². The molecule has 8 nitrogen and oxygen atoms in total. The Balaban J connectivity index is 1.67. The van der Waals surface area contributed by atoms with Crippen LogP contribution in [0.15, 0.2) is 30.5 Å². The molecule has 0 N–H and O–H groups in total. The fraction of sp³-hybridized carbons (Fsp3) is 0.350. The topological polar surface area (TPSA) is 94.4 Å². The van der Waals surface area contributed by atoms with Gasteiger partial charge >= 0.3 is 6.03 Å². The number of hydrogen-bond acceptors (Lipinski definition) is 6. The lowest BCUT2D eigenvalue weighted by Gasteiger charge is -2.32. The number of piperazine rings is 1. The number of Topliss-reactive ketones (excluding diaryl/α,β-unsaturated/α-hetero) is 1. The normalized spacial score (nSPS) is 30.7. The summed E-state index contributed by atoms with van der Waals surface area (Å²) in [6.07, 6.45) is 1.76. The number of imide groups is 1. The van der Waals surface area contributed by atoms with Crippen molar-refractivity contribution in [3.8, 4) is 6.07 Å². The first-order valence-electron chi connectivity index (χ1n) is 9.31. The van der Waals surface area contributed by atoms with Gasteiger partial charge in [0.2, 0.25) is 0 Å². The van der Waals surface area contributed by atoms with E-state index in [1.165, 1.54) is 11.1 Å². The van der Waals surface area contributed by atoms with Crippen LogP contribution in [0.1, 0.15) is 19.0 Å². The molecule has 28 heavy (non-hydrogen) atoms. The van der Waals surface area contributed by atoms with Gasteiger partial charge in [-0.3, -0.25) is 9.59 Å². The molecule has 0 aliphatic carbocycles. The average Bonchev–Trinajstić information content (AvgIpc) is 3.35. The van der Waals surface area contributed by atoms with Crippen LogP contribution in [0.25, 0.3) is 10.8 Å². The zero-order valence-corrected chi connectivity index (χ0v) is 15.3. The standard InChI is InChI=1S/C20H18N5O3/c1-2-18(26)16-9-23-10-17-19(27)24(20(28)25(16,17)11-23)15-8-22-14(7-21)12-5-3-4-6-13(12)15/h3-6,8,16-17H,2,9-11H2,1H3/q+1. The van der Waals surface area contributed by atoms with Gasteiger partial charge in [0.25, 0.3) is 5.91 Å². The molecule has 140 valence electrons. The fourth-order valence-corrected chi connectivity index (χ4v) is 5.01. The fourth-order valence-electron chi connectivity index (χ4n) is 5.01. The second-order valence-corrected chi connectivity index (χ2v) is 7.57. The Morgan fingerprint density at radius 2 is 2.04 bits per heavy atom. The van der Waals surface area contributed by atoms with Crippen LogP contribution in [0.3, 0.4) is 0 Å². The summed E-state index contributed by atoms with van der Waals surface area (Å²) in [5.41, 5.74) is 0.630. The number of aromatic nitrogens is 1. The number of quaternary nitrogens is 1. The van der Waals surface area contributed by atoms with E-state index in [0.717, 1.165) is 0 Å². The zero-order valence-electron chi connectivity index (χ0n) is 15.3. The molecule has 1 aromatic heterocycles. The van der Waals surface area contributed by atoms with E-state index in [2.05, 4.69) is 11.1 Å². The van der Waals surface area contributed by atoms with Crippen LogP contribution in [-0.2, 0) is 9.59 Å². The molecule has 4 unspecified atom stereocenters. The Hall–Kier alpha value is -3.15. The maximum atomic E-state index is 13.6. The Labute approximate surface area is 161 Å². The number of urea groups is 1. The third kappa shape index (κ3) is 1.90. The predicted octanol–water partition coefficient (Wildman–Crippen LogP) is 1.39. The van der Waals surface area contributed by atoms with Crippen LogP contribution in [-0.4, -0.2) is 63.9 Å². The lowest BCUT2D eigenvalue weighted by molar-refractivity contribution is -0.852. The van der Waals surface area contributed by atoms with Gasteiger partial charge in [-0.25, -0.2) is 19.2 Å². The number of amides is 3. The van der Waals surface area contributed by atoms with Gasteiger partial charge in [-0.15, -0.1) is 0 Å². The maximum Gasteiger partial charge on any atom is 0.433 e. The van der Waals surface area contributed by atoms with Crippen molar-refractivity contribution >= 4 is 34.2 Å². The second kappa shape index (κ2) is 5.67. The van der Waals surface area contributed by atoms with Crippen molar-refractivity contribution in [3.05, 3.63) is 36.2 Å². The number of anilines is 1. The van der Waals surface area contributed by atoms with E-state index in [9.17, 15) is 19.6 Å². The zero-order chi connectivity index (χ0) is 19.6. The number of ketones is 1. The van der Waals surface area contributed by atoms with Crippen LogP contribution < -0.4 is 4.90 Å². The molecule has 4 atom stereocenters. The Morgan fingerprint density at radius 3 is 2.75 bits per heavy atom. The number of carbonyl (C=O) groups is 3. The lowest BCUT2D eigenvalue weighted by Crippen LogP contribution is -2.62. The largest absolute Gasteiger partial charge is 0.433 e. The molecule has 1 aromatic carbocycles. The minimum absolute atomic E-state index is 0.0120. The van der Waals surface area contributed by atoms with Crippen LogP contribution in [0.2, 0.25) is 0 Å². The molecule has 0 saturated carbocycles. The number of hydrogen-bond donors (Lipinski definition) is 0. The first kappa shape index (κ1) is 17.0. The summed E-state index contributed by atoms with van der Waals surface area (Å²) in [5, 5.41) is 10.6. The third-order valence-corrected chi connectivity index (χ3v) is 6.30. The SMILES string of the molecule is CCC(=O)C1CN2CC3C(=O)N(c4cnc(C#N)c5ccccc45)C(=O)[N+]13C2. The number of carbonyl (C=O) groups excluding carboxylic acids is 3. The minimum atomic E-state index is -0.559. The predicted molar refractivity (Wildman–Crippen MR) is 98.9 cm³/mol. The quantitative estimate of drug-likeness (QED) is 0.594. The van der Waals surface area contributed by atoms with E-state index < -0.39 is 12.1 Å². The van der Waals surface area contributed by atoms with Gasteiger partial charge in [0.1, 0.15) is 18.4 Å². The van der Waals surface area contributed by atoms with Crippen molar-refractivity contribution in [1.29, 1.82) is 5.26 Å². The van der Waals surface area contributed by atoms with E-state index in [-0.39, 0.29) is 27.9 Å². The summed E-state index contributed by atoms with van der Waals surface area (Å²) in [6, 6.07) is 7.75. The molecule has 2 bridgehead atoms. The van der Waals surface area contributed by atoms with Gasteiger partial charge in [0, 0.05) is 17.2 Å². The van der Waals surface area contributed by atoms with Crippen molar-refractivity contribution in [2.45, 2.75) is 25.4 Å². The Kier molecular flexibility index (Phi) is 3.44. The first-order chi connectivity index (χ1) is 13.5. The number of rotatable bonds is 3. The summed E-state index contributed by atoms with van der Waals surface area (Å²) in [5.74, 6) is -0.282. The van der Waals surface area contributed by atoms with Crippen LogP contribution in [0.4, 0.5) is 10.5 Å². The van der Waals surface area contributed by atoms with E-state index >= 15 is 0 Å². The summed E-state index contributed by atoms with van der Waals surface area (Å²) < 4.78 is -0.125. The van der Waals surface area contributed by atoms with Gasteiger partial charge in [-0.05, 0) is 0 Å². The van der Waals surface area contributed by atoms with Gasteiger partial charge < -0.3 is 0 Å². The molecule has 5 rings (SSSR count). The van der Waals surface area contributed by atoms with Crippen molar-refractivity contribution in [2.24, 2.45) is 0 Å². The average molecular weight is 376 g/mol. The highest BCUT2D eigenvalue weighted by molar-refractivity contribution is 6.22. The van der Waals surface area contributed by atoms with Gasteiger partial charge in [-0.2, -0.15) is 10.2 Å². The number of nitrogens with zero attached hydrogens (tertiary/aromatic N) is 5. The summed E-state index contributed by atoms with van der Waals surface area (Å²) >= 11 is 0. The Bertz CT molecular complexity index is 1110. The molecule has 1 spiro atoms. The van der Waals surface area contributed by atoms with E-state index in [1.54, 1.807) is 31.2 Å². The number of nitriles is 1. The molecule has 8 heteroatoms. The molecule has 3 saturated heterocycles. The highest BCUT2D eigenvalue weighted by Gasteiger charge is 2.73. The summed E-state index contributed by atoms with van der Waals surface area (Å²) in [6.45, 7) is 3.18. The molecule has 0 radical (unpaired) electrons. The first-order valence-corrected chi connectivity index (χ1v) is 9.31. The molecular formula is C20H18N5O3+. The Morgan fingerprint density at radius 1 is 1.29 bits per heavy atom.